The second-order valence-electron chi connectivity index (χ2n) is 8.04. The van der Waals surface area contributed by atoms with E-state index in [4.69, 9.17) is 4.74 Å². The highest BCUT2D eigenvalue weighted by Crippen LogP contribution is 2.32. The number of rotatable bonds is 7. The van der Waals surface area contributed by atoms with Crippen LogP contribution in [-0.4, -0.2) is 0 Å². The average Bonchev–Trinajstić information content (AvgIpc) is 2.84. The SMILES string of the molecule is CCCc1ccc(-c2ccc(-c3ccc(OCc4cc(F)c(F)c(F)c4)c(F)c3F)cc2)c(F)c1. The Bertz CT molecular complexity index is 1340. The number of hydrogen-bond donors (Lipinski definition) is 0. The first kappa shape index (κ1) is 24.4. The summed E-state index contributed by atoms with van der Waals surface area (Å²) in [6.07, 6.45) is 1.68. The predicted octanol–water partition coefficient (Wildman–Crippen LogP) is 8.39. The van der Waals surface area contributed by atoms with Crippen LogP contribution < -0.4 is 4.74 Å². The Morgan fingerprint density at radius 1 is 0.571 bits per heavy atom. The molecule has 0 atom stereocenters. The van der Waals surface area contributed by atoms with Crippen LogP contribution in [0.15, 0.2) is 66.7 Å². The molecule has 180 valence electrons. The van der Waals surface area contributed by atoms with Crippen LogP contribution in [0.3, 0.4) is 0 Å². The molecule has 0 radical (unpaired) electrons. The van der Waals surface area contributed by atoms with Crippen molar-refractivity contribution in [1.29, 1.82) is 0 Å². The van der Waals surface area contributed by atoms with Gasteiger partial charge in [-0.2, -0.15) is 4.39 Å². The molecule has 35 heavy (non-hydrogen) atoms. The molecule has 0 spiro atoms. The Morgan fingerprint density at radius 3 is 1.74 bits per heavy atom. The highest BCUT2D eigenvalue weighted by molar-refractivity contribution is 5.71. The van der Waals surface area contributed by atoms with Crippen LogP contribution >= 0.6 is 0 Å². The van der Waals surface area contributed by atoms with E-state index < -0.39 is 41.4 Å². The number of ether oxygens (including phenoxy) is 1. The molecule has 0 aliphatic rings. The van der Waals surface area contributed by atoms with Gasteiger partial charge in [-0.15, -0.1) is 0 Å². The van der Waals surface area contributed by atoms with Gasteiger partial charge in [0.25, 0.3) is 0 Å². The minimum atomic E-state index is -1.63. The summed E-state index contributed by atoms with van der Waals surface area (Å²) in [7, 11) is 0. The van der Waals surface area contributed by atoms with Gasteiger partial charge in [-0.3, -0.25) is 0 Å². The van der Waals surface area contributed by atoms with Gasteiger partial charge in [0.1, 0.15) is 12.4 Å². The van der Waals surface area contributed by atoms with Crippen molar-refractivity contribution in [3.63, 3.8) is 0 Å². The summed E-state index contributed by atoms with van der Waals surface area (Å²) in [5, 5.41) is 0. The summed E-state index contributed by atoms with van der Waals surface area (Å²) in [5.41, 5.74) is 2.13. The number of hydrogen-bond acceptors (Lipinski definition) is 1. The molecule has 4 aromatic carbocycles. The summed E-state index contributed by atoms with van der Waals surface area (Å²) in [4.78, 5) is 0. The first-order valence-electron chi connectivity index (χ1n) is 10.9. The van der Waals surface area contributed by atoms with Gasteiger partial charge in [-0.25, -0.2) is 22.0 Å². The van der Waals surface area contributed by atoms with E-state index >= 15 is 0 Å². The first-order chi connectivity index (χ1) is 16.8. The second-order valence-corrected chi connectivity index (χ2v) is 8.04. The minimum Gasteiger partial charge on any atom is -0.486 e. The molecule has 7 heteroatoms. The zero-order valence-electron chi connectivity index (χ0n) is 18.6. The summed E-state index contributed by atoms with van der Waals surface area (Å²) >= 11 is 0. The highest BCUT2D eigenvalue weighted by Gasteiger charge is 2.17. The van der Waals surface area contributed by atoms with Crippen molar-refractivity contribution >= 4 is 0 Å². The van der Waals surface area contributed by atoms with E-state index in [1.807, 2.05) is 13.0 Å². The lowest BCUT2D eigenvalue weighted by Gasteiger charge is -2.12. The summed E-state index contributed by atoms with van der Waals surface area (Å²) in [6.45, 7) is 1.51. The molecular formula is C28H20F6O. The quantitative estimate of drug-likeness (QED) is 0.188. The van der Waals surface area contributed by atoms with Gasteiger partial charge < -0.3 is 4.74 Å². The van der Waals surface area contributed by atoms with Crippen molar-refractivity contribution < 1.29 is 31.1 Å². The van der Waals surface area contributed by atoms with Gasteiger partial charge in [0.05, 0.1) is 0 Å². The van der Waals surface area contributed by atoms with Gasteiger partial charge >= 0.3 is 0 Å². The highest BCUT2D eigenvalue weighted by atomic mass is 19.2. The van der Waals surface area contributed by atoms with Crippen molar-refractivity contribution in [3.05, 3.63) is 113 Å². The minimum absolute atomic E-state index is 0.0426. The zero-order valence-corrected chi connectivity index (χ0v) is 18.6. The molecule has 0 saturated carbocycles. The van der Waals surface area contributed by atoms with Crippen LogP contribution in [0, 0.1) is 34.9 Å². The molecule has 0 aliphatic carbocycles. The van der Waals surface area contributed by atoms with E-state index in [-0.39, 0.29) is 16.9 Å². The molecule has 0 aromatic heterocycles. The van der Waals surface area contributed by atoms with Crippen molar-refractivity contribution in [2.45, 2.75) is 26.4 Å². The lowest BCUT2D eigenvalue weighted by molar-refractivity contribution is 0.283. The third-order valence-corrected chi connectivity index (χ3v) is 5.56. The molecule has 0 bridgehead atoms. The van der Waals surface area contributed by atoms with E-state index in [9.17, 15) is 26.3 Å². The Morgan fingerprint density at radius 2 is 1.14 bits per heavy atom. The summed E-state index contributed by atoms with van der Waals surface area (Å²) in [5.74, 6) is -7.74. The fraction of sp³-hybridized carbons (Fsp3) is 0.143. The van der Waals surface area contributed by atoms with Crippen LogP contribution in [0.2, 0.25) is 0 Å². The largest absolute Gasteiger partial charge is 0.486 e. The van der Waals surface area contributed by atoms with E-state index in [1.54, 1.807) is 30.3 Å². The van der Waals surface area contributed by atoms with Crippen LogP contribution in [0.25, 0.3) is 22.3 Å². The number of aryl methyl sites for hydroxylation is 1. The Kier molecular flexibility index (Phi) is 7.15. The predicted molar refractivity (Wildman–Crippen MR) is 122 cm³/mol. The first-order valence-corrected chi connectivity index (χ1v) is 10.9. The maximum atomic E-state index is 14.8. The van der Waals surface area contributed by atoms with Gasteiger partial charge in [0.2, 0.25) is 5.82 Å². The van der Waals surface area contributed by atoms with Gasteiger partial charge in [0, 0.05) is 11.1 Å². The Hall–Kier alpha value is -3.74. The molecule has 0 N–H and O–H groups in total. The van der Waals surface area contributed by atoms with Crippen LogP contribution in [0.4, 0.5) is 26.3 Å². The molecule has 0 fully saturated rings. The molecule has 0 aliphatic heterocycles. The van der Waals surface area contributed by atoms with Crippen LogP contribution in [-0.2, 0) is 13.0 Å². The Balaban J connectivity index is 1.53. The maximum Gasteiger partial charge on any atom is 0.201 e. The van der Waals surface area contributed by atoms with E-state index in [2.05, 4.69) is 0 Å². The van der Waals surface area contributed by atoms with Crippen molar-refractivity contribution in [1.82, 2.24) is 0 Å². The Labute approximate surface area is 198 Å². The van der Waals surface area contributed by atoms with Gasteiger partial charge in [0.15, 0.2) is 29.0 Å². The average molecular weight is 486 g/mol. The molecule has 0 amide bonds. The number of halogens is 6. The third-order valence-electron chi connectivity index (χ3n) is 5.56. The van der Waals surface area contributed by atoms with Crippen LogP contribution in [0.5, 0.6) is 5.75 Å². The lowest BCUT2D eigenvalue weighted by atomic mass is 9.98. The maximum absolute atomic E-state index is 14.8. The van der Waals surface area contributed by atoms with E-state index in [1.165, 1.54) is 18.2 Å². The second kappa shape index (κ2) is 10.3. The molecule has 1 nitrogen and oxygen atoms in total. The normalized spacial score (nSPS) is 11.1. The van der Waals surface area contributed by atoms with E-state index in [0.717, 1.165) is 18.4 Å². The smallest absolute Gasteiger partial charge is 0.201 e. The monoisotopic (exact) mass is 486 g/mol. The number of benzene rings is 4. The molecule has 0 unspecified atom stereocenters. The summed E-state index contributed by atoms with van der Waals surface area (Å²) < 4.78 is 88.8. The molecule has 4 aromatic rings. The topological polar surface area (TPSA) is 9.23 Å². The summed E-state index contributed by atoms with van der Waals surface area (Å²) in [6, 6.07) is 15.3. The standard InChI is InChI=1S/C28H20F6O/c1-2-3-16-4-9-20(22(29)12-16)18-5-7-19(8-6-18)21-10-11-25(28(34)26(21)32)35-15-17-13-23(30)27(33)24(31)14-17/h4-14H,2-3,15H2,1H3. The van der Waals surface area contributed by atoms with Gasteiger partial charge in [-0.05, 0) is 59.0 Å². The van der Waals surface area contributed by atoms with Gasteiger partial charge in [-0.1, -0.05) is 49.7 Å². The van der Waals surface area contributed by atoms with Crippen LogP contribution in [0.1, 0.15) is 24.5 Å². The molecule has 0 heterocycles. The van der Waals surface area contributed by atoms with Crippen molar-refractivity contribution in [3.8, 4) is 28.0 Å². The fourth-order valence-corrected chi connectivity index (χ4v) is 3.78. The fourth-order valence-electron chi connectivity index (χ4n) is 3.78. The molecule has 4 rings (SSSR count). The third kappa shape index (κ3) is 5.19. The molecular weight excluding hydrogens is 466 g/mol. The lowest BCUT2D eigenvalue weighted by Crippen LogP contribution is -2.02. The van der Waals surface area contributed by atoms with Crippen molar-refractivity contribution in [2.75, 3.05) is 0 Å². The zero-order chi connectivity index (χ0) is 25.1. The van der Waals surface area contributed by atoms with E-state index in [0.29, 0.717) is 28.8 Å². The van der Waals surface area contributed by atoms with Crippen molar-refractivity contribution in [2.24, 2.45) is 0 Å². The molecule has 0 saturated heterocycles.